The fraction of sp³-hybridized carbons (Fsp3) is 0.684. The van der Waals surface area contributed by atoms with Crippen LogP contribution < -0.4 is 5.69 Å². The van der Waals surface area contributed by atoms with Crippen LogP contribution in [0.25, 0.3) is 11.1 Å². The Hall–Kier alpha value is -1.58. The van der Waals surface area contributed by atoms with Crippen LogP contribution >= 0.6 is 0 Å². The Morgan fingerprint density at radius 3 is 2.83 bits per heavy atom. The number of furan rings is 1. The molecule has 0 aliphatic heterocycles. The molecule has 2 aromatic heterocycles. The van der Waals surface area contributed by atoms with Crippen LogP contribution in [0.4, 0.5) is 0 Å². The summed E-state index contributed by atoms with van der Waals surface area (Å²) in [7, 11) is 0. The monoisotopic (exact) mass is 316 g/mol. The Labute approximate surface area is 137 Å². The van der Waals surface area contributed by atoms with Gasteiger partial charge in [0.25, 0.3) is 0 Å². The summed E-state index contributed by atoms with van der Waals surface area (Å²) >= 11 is 0. The normalized spacial score (nSPS) is 16.2. The highest BCUT2D eigenvalue weighted by Gasteiger charge is 2.16. The van der Waals surface area contributed by atoms with Gasteiger partial charge in [-0.3, -0.25) is 4.57 Å². The quantitative estimate of drug-likeness (QED) is 0.696. The fourth-order valence-corrected chi connectivity index (χ4v) is 3.63. The molecule has 1 saturated carbocycles. The van der Waals surface area contributed by atoms with Crippen molar-refractivity contribution < 1.29 is 4.42 Å². The van der Waals surface area contributed by atoms with E-state index in [9.17, 15) is 4.79 Å². The Morgan fingerprint density at radius 1 is 1.22 bits per heavy atom. The van der Waals surface area contributed by atoms with Gasteiger partial charge in [-0.1, -0.05) is 45.4 Å². The molecule has 2 heterocycles. The predicted molar refractivity (Wildman–Crippen MR) is 92.7 cm³/mol. The van der Waals surface area contributed by atoms with E-state index >= 15 is 0 Å². The average molecular weight is 316 g/mol. The summed E-state index contributed by atoms with van der Waals surface area (Å²) in [5.41, 5.74) is 0.329. The van der Waals surface area contributed by atoms with Crippen molar-refractivity contribution in [2.75, 3.05) is 0 Å². The molecule has 23 heavy (non-hydrogen) atoms. The standard InChI is InChI=1S/C19H28N2O2/c1-2-3-4-8-11-17-12-16-14-21(19(22)20-18(16)23-17)13-15-9-6-5-7-10-15/h12,14-15H,2-11,13H2,1H3. The molecule has 0 amide bonds. The highest BCUT2D eigenvalue weighted by atomic mass is 16.3. The first-order chi connectivity index (χ1) is 11.3. The van der Waals surface area contributed by atoms with Crippen molar-refractivity contribution in [1.82, 2.24) is 9.55 Å². The smallest absolute Gasteiger partial charge is 0.350 e. The summed E-state index contributed by atoms with van der Waals surface area (Å²) in [6, 6.07) is 2.06. The van der Waals surface area contributed by atoms with Crippen LogP contribution in [-0.4, -0.2) is 9.55 Å². The largest absolute Gasteiger partial charge is 0.443 e. The first kappa shape index (κ1) is 16.3. The second kappa shape index (κ2) is 7.80. The third kappa shape index (κ3) is 4.24. The lowest BCUT2D eigenvalue weighted by atomic mass is 9.89. The molecule has 2 aromatic rings. The Balaban J connectivity index is 1.70. The van der Waals surface area contributed by atoms with Crippen LogP contribution in [0, 0.1) is 5.92 Å². The van der Waals surface area contributed by atoms with E-state index in [-0.39, 0.29) is 5.69 Å². The summed E-state index contributed by atoms with van der Waals surface area (Å²) in [5.74, 6) is 1.58. The molecule has 4 heteroatoms. The molecule has 0 radical (unpaired) electrons. The van der Waals surface area contributed by atoms with Crippen molar-refractivity contribution in [2.24, 2.45) is 5.92 Å². The number of unbranched alkanes of at least 4 members (excludes halogenated alkanes) is 3. The van der Waals surface area contributed by atoms with Crippen LogP contribution in [0.5, 0.6) is 0 Å². The number of fused-ring (bicyclic) bond motifs is 1. The molecule has 0 spiro atoms. The molecule has 3 rings (SSSR count). The van der Waals surface area contributed by atoms with Gasteiger partial charge in [-0.25, -0.2) is 4.79 Å². The van der Waals surface area contributed by atoms with Gasteiger partial charge in [0, 0.05) is 19.2 Å². The van der Waals surface area contributed by atoms with Gasteiger partial charge in [0.15, 0.2) is 0 Å². The van der Waals surface area contributed by atoms with Crippen LogP contribution in [-0.2, 0) is 13.0 Å². The molecule has 0 atom stereocenters. The number of rotatable bonds is 7. The molecule has 0 N–H and O–H groups in total. The minimum atomic E-state index is -0.171. The van der Waals surface area contributed by atoms with Gasteiger partial charge in [-0.2, -0.15) is 4.98 Å². The van der Waals surface area contributed by atoms with Crippen molar-refractivity contribution in [3.8, 4) is 0 Å². The van der Waals surface area contributed by atoms with E-state index < -0.39 is 0 Å². The molecular formula is C19H28N2O2. The average Bonchev–Trinajstić information content (AvgIpc) is 2.94. The van der Waals surface area contributed by atoms with Gasteiger partial charge in [-0.05, 0) is 31.2 Å². The van der Waals surface area contributed by atoms with Gasteiger partial charge in [0.2, 0.25) is 5.71 Å². The molecule has 126 valence electrons. The number of aromatic nitrogens is 2. The van der Waals surface area contributed by atoms with Gasteiger partial charge < -0.3 is 4.42 Å². The van der Waals surface area contributed by atoms with Crippen LogP contribution in [0.1, 0.15) is 70.5 Å². The first-order valence-corrected chi connectivity index (χ1v) is 9.26. The summed E-state index contributed by atoms with van der Waals surface area (Å²) in [6.45, 7) is 3.02. The second-order valence-electron chi connectivity index (χ2n) is 6.96. The molecule has 0 bridgehead atoms. The zero-order valence-electron chi connectivity index (χ0n) is 14.2. The van der Waals surface area contributed by atoms with Crippen LogP contribution in [0.15, 0.2) is 21.5 Å². The lowest BCUT2D eigenvalue weighted by molar-refractivity contribution is 0.315. The summed E-state index contributed by atoms with van der Waals surface area (Å²) < 4.78 is 7.54. The molecule has 1 fully saturated rings. The van der Waals surface area contributed by atoms with Gasteiger partial charge in [0.05, 0.1) is 5.39 Å². The number of hydrogen-bond acceptors (Lipinski definition) is 3. The maximum absolute atomic E-state index is 12.2. The topological polar surface area (TPSA) is 48.0 Å². The third-order valence-electron chi connectivity index (χ3n) is 4.99. The van der Waals surface area contributed by atoms with E-state index in [0.29, 0.717) is 11.6 Å². The minimum absolute atomic E-state index is 0.171. The van der Waals surface area contributed by atoms with E-state index in [1.54, 1.807) is 4.57 Å². The highest BCUT2D eigenvalue weighted by molar-refractivity contribution is 5.72. The molecule has 0 unspecified atom stereocenters. The van der Waals surface area contributed by atoms with Crippen molar-refractivity contribution in [1.29, 1.82) is 0 Å². The molecule has 1 aliphatic rings. The zero-order chi connectivity index (χ0) is 16.1. The highest BCUT2D eigenvalue weighted by Crippen LogP contribution is 2.25. The van der Waals surface area contributed by atoms with Gasteiger partial charge in [0.1, 0.15) is 5.76 Å². The lowest BCUT2D eigenvalue weighted by Gasteiger charge is -2.21. The molecular weight excluding hydrogens is 288 g/mol. The molecule has 0 aromatic carbocycles. The summed E-state index contributed by atoms with van der Waals surface area (Å²) in [5, 5.41) is 0.964. The SMILES string of the molecule is CCCCCCc1cc2cn(CC3CCCCC3)c(=O)nc2o1. The maximum atomic E-state index is 12.2. The van der Waals surface area contributed by atoms with E-state index in [1.165, 1.54) is 51.4 Å². The summed E-state index contributed by atoms with van der Waals surface area (Å²) in [4.78, 5) is 16.4. The second-order valence-corrected chi connectivity index (χ2v) is 6.96. The molecule has 0 saturated heterocycles. The van der Waals surface area contributed by atoms with Crippen LogP contribution in [0.2, 0.25) is 0 Å². The van der Waals surface area contributed by atoms with Crippen molar-refractivity contribution in [3.63, 3.8) is 0 Å². The first-order valence-electron chi connectivity index (χ1n) is 9.26. The van der Waals surface area contributed by atoms with Crippen molar-refractivity contribution in [2.45, 2.75) is 77.7 Å². The van der Waals surface area contributed by atoms with Gasteiger partial charge >= 0.3 is 5.69 Å². The Kier molecular flexibility index (Phi) is 5.52. The molecule has 1 aliphatic carbocycles. The summed E-state index contributed by atoms with van der Waals surface area (Å²) in [6.07, 6.45) is 14.2. The fourth-order valence-electron chi connectivity index (χ4n) is 3.63. The lowest BCUT2D eigenvalue weighted by Crippen LogP contribution is -2.26. The number of hydrogen-bond donors (Lipinski definition) is 0. The van der Waals surface area contributed by atoms with E-state index in [1.807, 2.05) is 6.20 Å². The Morgan fingerprint density at radius 2 is 2.04 bits per heavy atom. The van der Waals surface area contributed by atoms with E-state index in [0.717, 1.165) is 30.5 Å². The Bertz CT molecular complexity index is 680. The maximum Gasteiger partial charge on any atom is 0.350 e. The zero-order valence-corrected chi connectivity index (χ0v) is 14.2. The molecule has 4 nitrogen and oxygen atoms in total. The van der Waals surface area contributed by atoms with E-state index in [4.69, 9.17) is 4.42 Å². The predicted octanol–water partition coefficient (Wildman–Crippen LogP) is 4.69. The van der Waals surface area contributed by atoms with Crippen molar-refractivity contribution >= 4 is 11.1 Å². The third-order valence-corrected chi connectivity index (χ3v) is 4.99. The van der Waals surface area contributed by atoms with E-state index in [2.05, 4.69) is 18.0 Å². The van der Waals surface area contributed by atoms with Crippen molar-refractivity contribution in [3.05, 3.63) is 28.5 Å². The number of aryl methyl sites for hydroxylation is 1. The number of nitrogens with zero attached hydrogens (tertiary/aromatic N) is 2. The minimum Gasteiger partial charge on any atom is -0.443 e. The van der Waals surface area contributed by atoms with Crippen LogP contribution in [0.3, 0.4) is 0 Å². The van der Waals surface area contributed by atoms with Gasteiger partial charge in [-0.15, -0.1) is 0 Å².